The van der Waals surface area contributed by atoms with E-state index in [4.69, 9.17) is 14.2 Å². The molecule has 0 atom stereocenters. The van der Waals surface area contributed by atoms with Crippen molar-refractivity contribution < 1.29 is 23.8 Å². The molecule has 0 saturated heterocycles. The summed E-state index contributed by atoms with van der Waals surface area (Å²) >= 11 is 0. The quantitative estimate of drug-likeness (QED) is 0.514. The minimum Gasteiger partial charge on any atom is -0.493 e. The highest BCUT2D eigenvalue weighted by molar-refractivity contribution is 6.00. The maximum Gasteiger partial charge on any atom is 0.338 e. The largest absolute Gasteiger partial charge is 0.493 e. The van der Waals surface area contributed by atoms with Gasteiger partial charge in [0, 0.05) is 23.0 Å². The zero-order valence-electron chi connectivity index (χ0n) is 16.8. The normalized spacial score (nSPS) is 10.8. The Morgan fingerprint density at radius 1 is 1.11 bits per heavy atom. The van der Waals surface area contributed by atoms with Crippen molar-refractivity contribution in [2.45, 2.75) is 40.7 Å². The van der Waals surface area contributed by atoms with Crippen molar-refractivity contribution in [3.63, 3.8) is 0 Å². The number of aryl methyl sites for hydroxylation is 1. The standard InChI is InChI=1S/C21H27NO5/c1-7-26-19-9-8-16(11-20(19)25-6)21(24)27-12-18(23)17-10-14(4)22(13(2)3)15(17)5/h8-11,13H,7,12H2,1-6H3. The number of esters is 1. The highest BCUT2D eigenvalue weighted by atomic mass is 16.5. The number of nitrogens with zero attached hydrogens (tertiary/aromatic N) is 1. The highest BCUT2D eigenvalue weighted by Crippen LogP contribution is 2.28. The molecule has 1 heterocycles. The first-order valence-corrected chi connectivity index (χ1v) is 8.99. The Morgan fingerprint density at radius 3 is 2.37 bits per heavy atom. The van der Waals surface area contributed by atoms with Crippen molar-refractivity contribution in [2.24, 2.45) is 0 Å². The van der Waals surface area contributed by atoms with E-state index in [0.717, 1.165) is 11.4 Å². The molecule has 1 aromatic carbocycles. The number of ether oxygens (including phenoxy) is 3. The van der Waals surface area contributed by atoms with E-state index in [1.807, 2.05) is 26.8 Å². The van der Waals surface area contributed by atoms with Gasteiger partial charge in [-0.1, -0.05) is 0 Å². The predicted octanol–water partition coefficient (Wildman–Crippen LogP) is 4.13. The van der Waals surface area contributed by atoms with E-state index in [-0.39, 0.29) is 18.4 Å². The van der Waals surface area contributed by atoms with Gasteiger partial charge in [0.05, 0.1) is 19.3 Å². The maximum atomic E-state index is 12.5. The van der Waals surface area contributed by atoms with Gasteiger partial charge in [0.2, 0.25) is 5.78 Å². The summed E-state index contributed by atoms with van der Waals surface area (Å²) in [6, 6.07) is 6.88. The van der Waals surface area contributed by atoms with E-state index in [2.05, 4.69) is 18.4 Å². The molecule has 0 aliphatic heterocycles. The smallest absolute Gasteiger partial charge is 0.338 e. The number of hydrogen-bond donors (Lipinski definition) is 0. The Kier molecular flexibility index (Phi) is 6.66. The van der Waals surface area contributed by atoms with Crippen LogP contribution in [0, 0.1) is 13.8 Å². The second kappa shape index (κ2) is 8.75. The van der Waals surface area contributed by atoms with E-state index in [0.29, 0.717) is 29.2 Å². The fraction of sp³-hybridized carbons (Fsp3) is 0.429. The number of hydrogen-bond acceptors (Lipinski definition) is 5. The Hall–Kier alpha value is -2.76. The molecule has 0 radical (unpaired) electrons. The monoisotopic (exact) mass is 373 g/mol. The van der Waals surface area contributed by atoms with Crippen LogP contribution in [0.5, 0.6) is 11.5 Å². The number of aromatic nitrogens is 1. The van der Waals surface area contributed by atoms with Crippen LogP contribution in [0.4, 0.5) is 0 Å². The first kappa shape index (κ1) is 20.6. The molecular weight excluding hydrogens is 346 g/mol. The molecule has 0 bridgehead atoms. The van der Waals surface area contributed by atoms with E-state index in [1.54, 1.807) is 18.2 Å². The third-order valence-corrected chi connectivity index (χ3v) is 4.33. The minimum atomic E-state index is -0.581. The van der Waals surface area contributed by atoms with Crippen LogP contribution >= 0.6 is 0 Å². The molecule has 2 rings (SSSR count). The average molecular weight is 373 g/mol. The molecule has 0 fully saturated rings. The van der Waals surface area contributed by atoms with Gasteiger partial charge in [0.15, 0.2) is 18.1 Å². The lowest BCUT2D eigenvalue weighted by Gasteiger charge is -2.13. The van der Waals surface area contributed by atoms with Gasteiger partial charge < -0.3 is 18.8 Å². The number of methoxy groups -OCH3 is 1. The van der Waals surface area contributed by atoms with Crippen molar-refractivity contribution in [3.8, 4) is 11.5 Å². The highest BCUT2D eigenvalue weighted by Gasteiger charge is 2.19. The fourth-order valence-electron chi connectivity index (χ4n) is 3.22. The molecule has 0 spiro atoms. The third kappa shape index (κ3) is 4.51. The lowest BCUT2D eigenvalue weighted by molar-refractivity contribution is 0.0474. The molecule has 6 nitrogen and oxygen atoms in total. The molecule has 0 amide bonds. The zero-order chi connectivity index (χ0) is 20.1. The average Bonchev–Trinajstić information content (AvgIpc) is 2.94. The molecule has 146 valence electrons. The molecule has 6 heteroatoms. The lowest BCUT2D eigenvalue weighted by Crippen LogP contribution is -2.15. The number of Topliss-reactive ketones (excluding diaryl/α,β-unsaturated/α-hetero) is 1. The number of benzene rings is 1. The van der Waals surface area contributed by atoms with Crippen LogP contribution < -0.4 is 9.47 Å². The maximum absolute atomic E-state index is 12.5. The molecular formula is C21H27NO5. The van der Waals surface area contributed by atoms with Gasteiger partial charge in [-0.05, 0) is 58.9 Å². The number of rotatable bonds is 8. The van der Waals surface area contributed by atoms with Gasteiger partial charge in [0.1, 0.15) is 0 Å². The molecule has 27 heavy (non-hydrogen) atoms. The first-order chi connectivity index (χ1) is 12.8. The van der Waals surface area contributed by atoms with Gasteiger partial charge in [0.25, 0.3) is 0 Å². The second-order valence-electron chi connectivity index (χ2n) is 6.55. The summed E-state index contributed by atoms with van der Waals surface area (Å²) in [5.74, 6) is 0.190. The molecule has 2 aromatic rings. The van der Waals surface area contributed by atoms with Gasteiger partial charge in [-0.15, -0.1) is 0 Å². The van der Waals surface area contributed by atoms with Crippen molar-refractivity contribution in [1.82, 2.24) is 4.57 Å². The van der Waals surface area contributed by atoms with E-state index in [9.17, 15) is 9.59 Å². The summed E-state index contributed by atoms with van der Waals surface area (Å²) in [6.07, 6.45) is 0. The van der Waals surface area contributed by atoms with Crippen LogP contribution in [-0.4, -0.2) is 36.6 Å². The molecule has 1 aromatic heterocycles. The number of ketones is 1. The Bertz CT molecular complexity index is 835. The van der Waals surface area contributed by atoms with Crippen LogP contribution in [0.3, 0.4) is 0 Å². The van der Waals surface area contributed by atoms with Crippen molar-refractivity contribution >= 4 is 11.8 Å². The predicted molar refractivity (Wildman–Crippen MR) is 103 cm³/mol. The fourth-order valence-corrected chi connectivity index (χ4v) is 3.22. The second-order valence-corrected chi connectivity index (χ2v) is 6.55. The van der Waals surface area contributed by atoms with Gasteiger partial charge in [-0.3, -0.25) is 4.79 Å². The summed E-state index contributed by atoms with van der Waals surface area (Å²) in [6.45, 7) is 10.0. The summed E-state index contributed by atoms with van der Waals surface area (Å²) in [5.41, 5.74) is 2.77. The number of carbonyl (C=O) groups excluding carboxylic acids is 2. The third-order valence-electron chi connectivity index (χ3n) is 4.33. The van der Waals surface area contributed by atoms with Crippen molar-refractivity contribution in [1.29, 1.82) is 0 Å². The molecule has 0 unspecified atom stereocenters. The molecule has 0 N–H and O–H groups in total. The first-order valence-electron chi connectivity index (χ1n) is 8.99. The van der Waals surface area contributed by atoms with Crippen LogP contribution in [-0.2, 0) is 4.74 Å². The van der Waals surface area contributed by atoms with Gasteiger partial charge >= 0.3 is 5.97 Å². The van der Waals surface area contributed by atoms with Crippen LogP contribution in [0.1, 0.15) is 58.9 Å². The summed E-state index contributed by atoms with van der Waals surface area (Å²) < 4.78 is 18.0. The van der Waals surface area contributed by atoms with Crippen molar-refractivity contribution in [2.75, 3.05) is 20.3 Å². The van der Waals surface area contributed by atoms with Gasteiger partial charge in [-0.2, -0.15) is 0 Å². The zero-order valence-corrected chi connectivity index (χ0v) is 16.8. The van der Waals surface area contributed by atoms with E-state index >= 15 is 0 Å². The topological polar surface area (TPSA) is 66.8 Å². The van der Waals surface area contributed by atoms with Crippen LogP contribution in [0.25, 0.3) is 0 Å². The van der Waals surface area contributed by atoms with Crippen LogP contribution in [0.2, 0.25) is 0 Å². The molecule has 0 aliphatic rings. The molecule has 0 saturated carbocycles. The van der Waals surface area contributed by atoms with Crippen LogP contribution in [0.15, 0.2) is 24.3 Å². The lowest BCUT2D eigenvalue weighted by atomic mass is 10.1. The Labute approximate surface area is 160 Å². The summed E-state index contributed by atoms with van der Waals surface area (Å²) in [7, 11) is 1.50. The van der Waals surface area contributed by atoms with Gasteiger partial charge in [-0.25, -0.2) is 4.79 Å². The molecule has 0 aliphatic carbocycles. The Morgan fingerprint density at radius 2 is 1.81 bits per heavy atom. The minimum absolute atomic E-state index is 0.221. The van der Waals surface area contributed by atoms with Crippen molar-refractivity contribution in [3.05, 3.63) is 46.8 Å². The Balaban J connectivity index is 2.09. The summed E-state index contributed by atoms with van der Waals surface area (Å²) in [5, 5.41) is 0. The summed E-state index contributed by atoms with van der Waals surface area (Å²) in [4.78, 5) is 24.8. The number of carbonyl (C=O) groups is 2. The SMILES string of the molecule is CCOc1ccc(C(=O)OCC(=O)c2cc(C)n(C(C)C)c2C)cc1OC. The van der Waals surface area contributed by atoms with E-state index in [1.165, 1.54) is 7.11 Å². The van der Waals surface area contributed by atoms with E-state index < -0.39 is 5.97 Å².